The molecule has 0 N–H and O–H groups in total. The molecule has 0 bridgehead atoms. The van der Waals surface area contributed by atoms with E-state index >= 15 is 0 Å². The molecule has 0 radical (unpaired) electrons. The van der Waals surface area contributed by atoms with Crippen molar-refractivity contribution in [2.24, 2.45) is 0 Å². The number of para-hydroxylation sites is 2. The van der Waals surface area contributed by atoms with Crippen LogP contribution in [0.4, 0.5) is 0 Å². The fourth-order valence-electron chi connectivity index (χ4n) is 4.92. The third-order valence-corrected chi connectivity index (χ3v) is 6.94. The Balaban J connectivity index is 1.45. The molecule has 0 aromatic heterocycles. The van der Waals surface area contributed by atoms with Crippen LogP contribution in [0.25, 0.3) is 22.3 Å². The molecule has 8 nitrogen and oxygen atoms in total. The van der Waals surface area contributed by atoms with Crippen molar-refractivity contribution in [3.63, 3.8) is 0 Å². The number of esters is 4. The summed E-state index contributed by atoms with van der Waals surface area (Å²) in [5, 5.41) is 0. The first kappa shape index (κ1) is 25.0. The van der Waals surface area contributed by atoms with Gasteiger partial charge in [-0.25, -0.2) is 19.2 Å². The van der Waals surface area contributed by atoms with E-state index in [1.807, 2.05) is 36.4 Å². The van der Waals surface area contributed by atoms with Crippen LogP contribution in [0.15, 0.2) is 109 Å². The predicted octanol–water partition coefficient (Wildman–Crippen LogP) is 7.23. The van der Waals surface area contributed by atoms with Gasteiger partial charge in [-0.2, -0.15) is 0 Å². The van der Waals surface area contributed by atoms with Gasteiger partial charge in [-0.15, -0.1) is 0 Å². The maximum atomic E-state index is 12.4. The van der Waals surface area contributed by atoms with Crippen LogP contribution < -0.4 is 9.47 Å². The summed E-state index contributed by atoms with van der Waals surface area (Å²) >= 11 is 0. The largest absolute Gasteiger partial charge is 0.457 e. The molecule has 0 fully saturated rings. The predicted molar refractivity (Wildman–Crippen MR) is 150 cm³/mol. The van der Waals surface area contributed by atoms with Crippen LogP contribution in [0, 0.1) is 0 Å². The molecule has 5 aromatic rings. The van der Waals surface area contributed by atoms with E-state index in [2.05, 4.69) is 0 Å². The van der Waals surface area contributed by atoms with Gasteiger partial charge in [0.15, 0.2) is 0 Å². The maximum absolute atomic E-state index is 12.4. The highest BCUT2D eigenvalue weighted by Gasteiger charge is 2.32. The molecule has 2 aliphatic heterocycles. The number of rotatable bonds is 6. The molecule has 2 heterocycles. The normalized spacial score (nSPS) is 13.3. The standard InChI is InChI=1S/C34H18O8/c35-31-23-13-11-19(15-27(23)33(37)41-31)25-18-30(40-22-9-5-2-6-10-22)26(17-29(25)39-21-7-3-1-4-8-21)20-12-14-24-28(16-20)34(38)42-32(24)36/h1-18H. The molecule has 0 saturated heterocycles. The van der Waals surface area contributed by atoms with Gasteiger partial charge in [0.2, 0.25) is 0 Å². The molecule has 0 saturated carbocycles. The molecule has 0 unspecified atom stereocenters. The second-order valence-electron chi connectivity index (χ2n) is 9.55. The van der Waals surface area contributed by atoms with Crippen molar-refractivity contribution in [2.45, 2.75) is 0 Å². The van der Waals surface area contributed by atoms with E-state index in [4.69, 9.17) is 18.9 Å². The van der Waals surface area contributed by atoms with Gasteiger partial charge < -0.3 is 18.9 Å². The van der Waals surface area contributed by atoms with Crippen molar-refractivity contribution in [3.05, 3.63) is 131 Å². The number of hydrogen-bond acceptors (Lipinski definition) is 8. The topological polar surface area (TPSA) is 105 Å². The summed E-state index contributed by atoms with van der Waals surface area (Å²) in [5.74, 6) is -0.903. The smallest absolute Gasteiger partial charge is 0.346 e. The molecule has 2 aliphatic rings. The summed E-state index contributed by atoms with van der Waals surface area (Å²) < 4.78 is 22.3. The van der Waals surface area contributed by atoms with Crippen molar-refractivity contribution in [1.82, 2.24) is 0 Å². The maximum Gasteiger partial charge on any atom is 0.346 e. The Hall–Kier alpha value is -6.02. The fraction of sp³-hybridized carbons (Fsp3) is 0. The minimum atomic E-state index is -0.723. The van der Waals surface area contributed by atoms with Crippen molar-refractivity contribution in [2.75, 3.05) is 0 Å². The Bertz CT molecular complexity index is 1800. The first-order chi connectivity index (χ1) is 20.4. The number of fused-ring (bicyclic) bond motifs is 2. The second kappa shape index (κ2) is 9.87. The zero-order valence-corrected chi connectivity index (χ0v) is 21.7. The molecule has 0 amide bonds. The Labute approximate surface area is 238 Å². The summed E-state index contributed by atoms with van der Waals surface area (Å²) in [6, 6.07) is 31.5. The number of benzene rings is 5. The molecule has 8 heteroatoms. The van der Waals surface area contributed by atoms with E-state index in [1.165, 1.54) is 0 Å². The van der Waals surface area contributed by atoms with Gasteiger partial charge in [0.25, 0.3) is 0 Å². The van der Waals surface area contributed by atoms with Gasteiger partial charge in [0, 0.05) is 11.1 Å². The number of hydrogen-bond donors (Lipinski definition) is 0. The van der Waals surface area contributed by atoms with Crippen molar-refractivity contribution in [1.29, 1.82) is 0 Å². The molecule has 42 heavy (non-hydrogen) atoms. The molecule has 0 spiro atoms. The highest BCUT2D eigenvalue weighted by Crippen LogP contribution is 2.45. The van der Waals surface area contributed by atoms with Crippen molar-refractivity contribution in [3.8, 4) is 45.3 Å². The van der Waals surface area contributed by atoms with E-state index in [1.54, 1.807) is 72.8 Å². The Kier molecular flexibility index (Phi) is 5.87. The lowest BCUT2D eigenvalue weighted by Gasteiger charge is -2.18. The SMILES string of the molecule is O=C1OC(=O)c2cc(-c3cc(Oc4ccccc4)c(-c4ccc5c(c4)C(=O)OC5=O)cc3Oc3ccccc3)ccc21. The summed E-state index contributed by atoms with van der Waals surface area (Å²) in [6.45, 7) is 0. The van der Waals surface area contributed by atoms with E-state index in [0.717, 1.165) is 0 Å². The van der Waals surface area contributed by atoms with Gasteiger partial charge in [-0.1, -0.05) is 48.5 Å². The van der Waals surface area contributed by atoms with Gasteiger partial charge in [-0.05, 0) is 71.8 Å². The molecule has 5 aromatic carbocycles. The lowest BCUT2D eigenvalue weighted by molar-refractivity contribution is 0.0425. The zero-order valence-electron chi connectivity index (χ0n) is 21.7. The Morgan fingerprint density at radius 1 is 0.381 bits per heavy atom. The van der Waals surface area contributed by atoms with Gasteiger partial charge >= 0.3 is 23.9 Å². The van der Waals surface area contributed by atoms with Crippen molar-refractivity contribution < 1.29 is 38.1 Å². The van der Waals surface area contributed by atoms with Gasteiger partial charge in [-0.3, -0.25) is 0 Å². The number of ether oxygens (including phenoxy) is 4. The van der Waals surface area contributed by atoms with E-state index in [-0.39, 0.29) is 22.3 Å². The summed E-state index contributed by atoms with van der Waals surface area (Å²) in [5.41, 5.74) is 2.98. The molecule has 7 rings (SSSR count). The van der Waals surface area contributed by atoms with Crippen LogP contribution >= 0.6 is 0 Å². The van der Waals surface area contributed by atoms with E-state index < -0.39 is 23.9 Å². The van der Waals surface area contributed by atoms with E-state index in [9.17, 15) is 19.2 Å². The highest BCUT2D eigenvalue weighted by molar-refractivity contribution is 6.16. The lowest BCUT2D eigenvalue weighted by atomic mass is 9.94. The van der Waals surface area contributed by atoms with Gasteiger partial charge in [0.05, 0.1) is 22.3 Å². The van der Waals surface area contributed by atoms with Crippen LogP contribution in [0.1, 0.15) is 41.4 Å². The minimum Gasteiger partial charge on any atom is -0.457 e. The molecule has 0 atom stereocenters. The van der Waals surface area contributed by atoms with Gasteiger partial charge in [0.1, 0.15) is 23.0 Å². The molecular weight excluding hydrogens is 536 g/mol. The second-order valence-corrected chi connectivity index (χ2v) is 9.55. The molecular formula is C34H18O8. The summed E-state index contributed by atoms with van der Waals surface area (Å²) in [7, 11) is 0. The van der Waals surface area contributed by atoms with Crippen LogP contribution in [-0.4, -0.2) is 23.9 Å². The Morgan fingerprint density at radius 3 is 1.17 bits per heavy atom. The average Bonchev–Trinajstić information content (AvgIpc) is 3.46. The first-order valence-electron chi connectivity index (χ1n) is 12.9. The summed E-state index contributed by atoms with van der Waals surface area (Å²) in [6.07, 6.45) is 0. The van der Waals surface area contributed by atoms with Crippen LogP contribution in [0.2, 0.25) is 0 Å². The zero-order chi connectivity index (χ0) is 28.8. The monoisotopic (exact) mass is 554 g/mol. The fourth-order valence-corrected chi connectivity index (χ4v) is 4.92. The quantitative estimate of drug-likeness (QED) is 0.160. The number of carbonyl (C=O) groups is 4. The van der Waals surface area contributed by atoms with Crippen LogP contribution in [-0.2, 0) is 9.47 Å². The molecule has 0 aliphatic carbocycles. The average molecular weight is 555 g/mol. The highest BCUT2D eigenvalue weighted by atomic mass is 16.6. The minimum absolute atomic E-state index is 0.152. The third kappa shape index (κ3) is 4.37. The van der Waals surface area contributed by atoms with Crippen LogP contribution in [0.3, 0.4) is 0 Å². The Morgan fingerprint density at radius 2 is 0.762 bits per heavy atom. The summed E-state index contributed by atoms with van der Waals surface area (Å²) in [4.78, 5) is 48.9. The third-order valence-electron chi connectivity index (χ3n) is 6.94. The number of carbonyl (C=O) groups excluding carboxylic acids is 4. The van der Waals surface area contributed by atoms with E-state index in [0.29, 0.717) is 45.3 Å². The molecule has 202 valence electrons. The lowest BCUT2D eigenvalue weighted by Crippen LogP contribution is -1.98. The number of cyclic esters (lactones) is 4. The van der Waals surface area contributed by atoms with Crippen molar-refractivity contribution >= 4 is 23.9 Å². The van der Waals surface area contributed by atoms with Crippen LogP contribution in [0.5, 0.6) is 23.0 Å². The first-order valence-corrected chi connectivity index (χ1v) is 12.9.